The van der Waals surface area contributed by atoms with E-state index in [9.17, 15) is 9.59 Å². The Kier molecular flexibility index (Phi) is 5.42. The molecule has 1 aromatic carbocycles. The molecule has 0 saturated carbocycles. The first-order valence-corrected chi connectivity index (χ1v) is 7.74. The number of hydrogen-bond acceptors (Lipinski definition) is 4. The first-order valence-electron chi connectivity index (χ1n) is 7.30. The average Bonchev–Trinajstić information content (AvgIpc) is 2.47. The van der Waals surface area contributed by atoms with Gasteiger partial charge in [0, 0.05) is 12.1 Å². The number of anilines is 1. The normalized spacial score (nSPS) is 15.5. The highest BCUT2D eigenvalue weighted by molar-refractivity contribution is 6.33. The molecule has 0 spiro atoms. The molecule has 120 valence electrons. The maximum absolute atomic E-state index is 12.1. The van der Waals surface area contributed by atoms with E-state index < -0.39 is 5.38 Å². The molecular formula is C16H21ClN2O3. The lowest BCUT2D eigenvalue weighted by molar-refractivity contribution is -0.121. The van der Waals surface area contributed by atoms with Crippen molar-refractivity contribution in [3.8, 4) is 5.75 Å². The van der Waals surface area contributed by atoms with Crippen molar-refractivity contribution in [2.45, 2.75) is 18.7 Å². The molecule has 1 heterocycles. The summed E-state index contributed by atoms with van der Waals surface area (Å²) in [6, 6.07) is 5.12. The topological polar surface area (TPSA) is 49.9 Å². The number of ketones is 1. The summed E-state index contributed by atoms with van der Waals surface area (Å²) in [5, 5.41) is -0.597. The van der Waals surface area contributed by atoms with E-state index in [4.69, 9.17) is 16.3 Å². The molecule has 0 fully saturated rings. The van der Waals surface area contributed by atoms with Crippen molar-refractivity contribution in [3.63, 3.8) is 0 Å². The van der Waals surface area contributed by atoms with Gasteiger partial charge in [-0.3, -0.25) is 9.59 Å². The smallest absolute Gasteiger partial charge is 0.265 e. The molecule has 0 radical (unpaired) electrons. The van der Waals surface area contributed by atoms with Crippen LogP contribution in [-0.4, -0.2) is 55.8 Å². The molecule has 6 heteroatoms. The van der Waals surface area contributed by atoms with Crippen LogP contribution in [0, 0.1) is 0 Å². The SMILES string of the molecule is CC(Cl)C(=O)c1ccc2c(c1)N(CCCN(C)C)C(=O)CO2. The number of fused-ring (bicyclic) bond motifs is 1. The van der Waals surface area contributed by atoms with Gasteiger partial charge < -0.3 is 14.5 Å². The van der Waals surface area contributed by atoms with Crippen molar-refractivity contribution in [2.24, 2.45) is 0 Å². The van der Waals surface area contributed by atoms with Crippen LogP contribution in [0.1, 0.15) is 23.7 Å². The van der Waals surface area contributed by atoms with Crippen LogP contribution in [0.15, 0.2) is 18.2 Å². The Balaban J connectivity index is 2.25. The molecule has 1 atom stereocenters. The van der Waals surface area contributed by atoms with Gasteiger partial charge in [-0.15, -0.1) is 11.6 Å². The summed E-state index contributed by atoms with van der Waals surface area (Å²) in [7, 11) is 3.99. The quantitative estimate of drug-likeness (QED) is 0.594. The summed E-state index contributed by atoms with van der Waals surface area (Å²) in [6.45, 7) is 3.16. The Bertz CT molecular complexity index is 573. The van der Waals surface area contributed by atoms with Gasteiger partial charge in [-0.2, -0.15) is 0 Å². The van der Waals surface area contributed by atoms with Gasteiger partial charge in [-0.05, 0) is 52.2 Å². The standard InChI is InChI=1S/C16H21ClN2O3/c1-11(17)16(21)12-5-6-14-13(9-12)19(15(20)10-22-14)8-4-7-18(2)3/h5-6,9,11H,4,7-8,10H2,1-3H3. The third-order valence-corrected chi connectivity index (χ3v) is 3.73. The fourth-order valence-electron chi connectivity index (χ4n) is 2.38. The Morgan fingerprint density at radius 1 is 1.45 bits per heavy atom. The number of amides is 1. The second kappa shape index (κ2) is 7.11. The van der Waals surface area contributed by atoms with E-state index in [0.717, 1.165) is 13.0 Å². The highest BCUT2D eigenvalue weighted by Crippen LogP contribution is 2.33. The molecule has 0 N–H and O–H groups in total. The third kappa shape index (κ3) is 3.78. The van der Waals surface area contributed by atoms with Gasteiger partial charge in [0.1, 0.15) is 5.75 Å². The number of Topliss-reactive ketones (excluding diaryl/α,β-unsaturated/α-hetero) is 1. The minimum absolute atomic E-state index is 0.0359. The van der Waals surface area contributed by atoms with E-state index in [0.29, 0.717) is 23.5 Å². The molecule has 0 saturated heterocycles. The zero-order chi connectivity index (χ0) is 16.3. The second-order valence-electron chi connectivity index (χ2n) is 5.65. The van der Waals surface area contributed by atoms with Crippen LogP contribution < -0.4 is 9.64 Å². The van der Waals surface area contributed by atoms with Gasteiger partial charge >= 0.3 is 0 Å². The third-order valence-electron chi connectivity index (χ3n) is 3.53. The minimum Gasteiger partial charge on any atom is -0.482 e. The molecule has 1 amide bonds. The highest BCUT2D eigenvalue weighted by Gasteiger charge is 2.26. The van der Waals surface area contributed by atoms with Crippen molar-refractivity contribution in [1.82, 2.24) is 4.90 Å². The number of ether oxygens (including phenoxy) is 1. The first-order chi connectivity index (χ1) is 10.4. The van der Waals surface area contributed by atoms with Crippen molar-refractivity contribution in [3.05, 3.63) is 23.8 Å². The van der Waals surface area contributed by atoms with Crippen molar-refractivity contribution < 1.29 is 14.3 Å². The summed E-state index contributed by atoms with van der Waals surface area (Å²) >= 11 is 5.86. The Morgan fingerprint density at radius 2 is 2.18 bits per heavy atom. The van der Waals surface area contributed by atoms with Crippen LogP contribution in [0.25, 0.3) is 0 Å². The van der Waals surface area contributed by atoms with Gasteiger partial charge in [0.2, 0.25) is 0 Å². The zero-order valence-corrected chi connectivity index (χ0v) is 13.9. The van der Waals surface area contributed by atoms with Gasteiger partial charge in [-0.25, -0.2) is 0 Å². The predicted molar refractivity (Wildman–Crippen MR) is 87.1 cm³/mol. The Labute approximate surface area is 135 Å². The van der Waals surface area contributed by atoms with E-state index in [1.807, 2.05) is 14.1 Å². The predicted octanol–water partition coefficient (Wildman–Crippen LogP) is 2.17. The maximum Gasteiger partial charge on any atom is 0.265 e. The average molecular weight is 325 g/mol. The van der Waals surface area contributed by atoms with E-state index in [-0.39, 0.29) is 18.3 Å². The number of halogens is 1. The largest absolute Gasteiger partial charge is 0.482 e. The Morgan fingerprint density at radius 3 is 2.82 bits per heavy atom. The summed E-state index contributed by atoms with van der Waals surface area (Å²) < 4.78 is 5.44. The number of carbonyl (C=O) groups is 2. The zero-order valence-electron chi connectivity index (χ0n) is 13.1. The lowest BCUT2D eigenvalue weighted by Gasteiger charge is -2.30. The number of carbonyl (C=O) groups excluding carboxylic acids is 2. The van der Waals surface area contributed by atoms with Gasteiger partial charge in [-0.1, -0.05) is 0 Å². The Hall–Kier alpha value is -1.59. The van der Waals surface area contributed by atoms with Gasteiger partial charge in [0.25, 0.3) is 5.91 Å². The van der Waals surface area contributed by atoms with E-state index in [1.165, 1.54) is 0 Å². The first kappa shape index (κ1) is 16.8. The van der Waals surface area contributed by atoms with Gasteiger partial charge in [0.05, 0.1) is 11.1 Å². The van der Waals surface area contributed by atoms with Crippen LogP contribution in [0.2, 0.25) is 0 Å². The molecule has 1 aliphatic heterocycles. The fourth-order valence-corrected chi connectivity index (χ4v) is 2.50. The van der Waals surface area contributed by atoms with Crippen LogP contribution in [-0.2, 0) is 4.79 Å². The molecule has 0 aliphatic carbocycles. The van der Waals surface area contributed by atoms with Crippen molar-refractivity contribution in [1.29, 1.82) is 0 Å². The number of alkyl halides is 1. The molecular weight excluding hydrogens is 304 g/mol. The molecule has 0 bridgehead atoms. The van der Waals surface area contributed by atoms with Crippen LogP contribution in [0.5, 0.6) is 5.75 Å². The number of rotatable bonds is 6. The van der Waals surface area contributed by atoms with E-state index >= 15 is 0 Å². The number of benzene rings is 1. The molecule has 0 aromatic heterocycles. The number of nitrogens with zero attached hydrogens (tertiary/aromatic N) is 2. The maximum atomic E-state index is 12.1. The van der Waals surface area contributed by atoms with Crippen LogP contribution in [0.3, 0.4) is 0 Å². The highest BCUT2D eigenvalue weighted by atomic mass is 35.5. The number of hydrogen-bond donors (Lipinski definition) is 0. The monoisotopic (exact) mass is 324 g/mol. The second-order valence-corrected chi connectivity index (χ2v) is 6.31. The summed E-state index contributed by atoms with van der Waals surface area (Å²) in [4.78, 5) is 27.9. The fraction of sp³-hybridized carbons (Fsp3) is 0.500. The molecule has 1 aliphatic rings. The van der Waals surface area contributed by atoms with E-state index in [2.05, 4.69) is 4.90 Å². The van der Waals surface area contributed by atoms with Gasteiger partial charge in [0.15, 0.2) is 12.4 Å². The van der Waals surface area contributed by atoms with E-state index in [1.54, 1.807) is 30.0 Å². The summed E-state index contributed by atoms with van der Waals surface area (Å²) in [6.07, 6.45) is 0.849. The molecule has 2 rings (SSSR count). The minimum atomic E-state index is -0.597. The molecule has 1 aromatic rings. The molecule has 5 nitrogen and oxygen atoms in total. The summed E-state index contributed by atoms with van der Waals surface area (Å²) in [5.74, 6) is 0.383. The van der Waals surface area contributed by atoms with Crippen molar-refractivity contribution in [2.75, 3.05) is 38.7 Å². The lowest BCUT2D eigenvalue weighted by atomic mass is 10.1. The van der Waals surface area contributed by atoms with Crippen LogP contribution >= 0.6 is 11.6 Å². The lowest BCUT2D eigenvalue weighted by Crippen LogP contribution is -2.40. The van der Waals surface area contributed by atoms with Crippen LogP contribution in [0.4, 0.5) is 5.69 Å². The molecule has 1 unspecified atom stereocenters. The van der Waals surface area contributed by atoms with Crippen molar-refractivity contribution >= 4 is 29.0 Å². The molecule has 22 heavy (non-hydrogen) atoms. The summed E-state index contributed by atoms with van der Waals surface area (Å²) in [5.41, 5.74) is 1.15.